The van der Waals surface area contributed by atoms with Crippen molar-refractivity contribution in [1.82, 2.24) is 25.0 Å². The van der Waals surface area contributed by atoms with Crippen molar-refractivity contribution in [1.29, 1.82) is 0 Å². The summed E-state index contributed by atoms with van der Waals surface area (Å²) in [5, 5.41) is 24.7. The first-order valence-corrected chi connectivity index (χ1v) is 8.33. The molecule has 2 aromatic heterocycles. The monoisotopic (exact) mass is 361 g/mol. The molecule has 8 nitrogen and oxygen atoms in total. The number of anilines is 3. The Hall–Kier alpha value is -2.45. The van der Waals surface area contributed by atoms with Gasteiger partial charge < -0.3 is 15.7 Å². The number of rotatable bonds is 6. The summed E-state index contributed by atoms with van der Waals surface area (Å²) in [5.74, 6) is 1.14. The topological polar surface area (TPSA) is 101 Å². The van der Waals surface area contributed by atoms with Gasteiger partial charge in [0, 0.05) is 17.8 Å². The Bertz CT molecular complexity index is 880. The molecule has 0 aliphatic heterocycles. The van der Waals surface area contributed by atoms with E-state index in [2.05, 4.69) is 30.9 Å². The van der Waals surface area contributed by atoms with Crippen molar-refractivity contribution in [3.63, 3.8) is 0 Å². The number of nitrogens with one attached hydrogen (secondary N) is 2. The predicted octanol–water partition coefficient (Wildman–Crippen LogP) is 2.58. The van der Waals surface area contributed by atoms with Crippen LogP contribution in [0.4, 0.5) is 17.5 Å². The number of nitrogens with zero attached hydrogens (tertiary/aromatic N) is 5. The van der Waals surface area contributed by atoms with Crippen LogP contribution in [0, 0.1) is 5.92 Å². The molecule has 3 aromatic rings. The second-order valence-corrected chi connectivity index (χ2v) is 6.53. The van der Waals surface area contributed by atoms with E-state index in [0.29, 0.717) is 28.0 Å². The van der Waals surface area contributed by atoms with Crippen molar-refractivity contribution < 1.29 is 5.11 Å². The highest BCUT2D eigenvalue weighted by atomic mass is 35.5. The molecule has 1 atom stereocenters. The van der Waals surface area contributed by atoms with Gasteiger partial charge in [-0.05, 0) is 24.1 Å². The molecule has 25 heavy (non-hydrogen) atoms. The number of benzene rings is 1. The summed E-state index contributed by atoms with van der Waals surface area (Å²) >= 11 is 6.04. The van der Waals surface area contributed by atoms with E-state index in [4.69, 9.17) is 11.6 Å². The number of aliphatic hydroxyl groups excluding tert-OH is 1. The summed E-state index contributed by atoms with van der Waals surface area (Å²) in [4.78, 5) is 8.97. The Labute approximate surface area is 150 Å². The molecule has 1 aromatic carbocycles. The molecule has 3 rings (SSSR count). The molecular formula is C16H20ClN7O. The summed E-state index contributed by atoms with van der Waals surface area (Å²) in [7, 11) is 1.77. The average Bonchev–Trinajstić information content (AvgIpc) is 2.94. The van der Waals surface area contributed by atoms with E-state index in [1.54, 1.807) is 23.9 Å². The number of fused-ring (bicyclic) bond motifs is 1. The van der Waals surface area contributed by atoms with Crippen LogP contribution < -0.4 is 10.6 Å². The molecule has 0 aliphatic rings. The average molecular weight is 362 g/mol. The summed E-state index contributed by atoms with van der Waals surface area (Å²) < 4.78 is 1.58. The Kier molecular flexibility index (Phi) is 5.00. The van der Waals surface area contributed by atoms with Gasteiger partial charge in [0.15, 0.2) is 17.0 Å². The third-order valence-electron chi connectivity index (χ3n) is 3.85. The van der Waals surface area contributed by atoms with E-state index >= 15 is 0 Å². The Morgan fingerprint density at radius 1 is 1.28 bits per heavy atom. The van der Waals surface area contributed by atoms with Crippen LogP contribution in [0.1, 0.15) is 13.8 Å². The Balaban J connectivity index is 2.01. The second-order valence-electron chi connectivity index (χ2n) is 6.09. The van der Waals surface area contributed by atoms with Crippen LogP contribution in [0.15, 0.2) is 24.3 Å². The molecule has 0 radical (unpaired) electrons. The highest BCUT2D eigenvalue weighted by molar-refractivity contribution is 6.30. The number of aryl methyl sites for hydroxylation is 1. The number of hydrogen-bond acceptors (Lipinski definition) is 7. The minimum absolute atomic E-state index is 0.0141. The molecule has 1 unspecified atom stereocenters. The normalized spacial score (nSPS) is 12.6. The van der Waals surface area contributed by atoms with Gasteiger partial charge in [-0.15, -0.1) is 5.10 Å². The number of aliphatic hydroxyl groups is 1. The first-order valence-electron chi connectivity index (χ1n) is 7.95. The van der Waals surface area contributed by atoms with Crippen molar-refractivity contribution >= 4 is 40.2 Å². The van der Waals surface area contributed by atoms with E-state index in [9.17, 15) is 5.11 Å². The molecule has 0 aliphatic carbocycles. The third kappa shape index (κ3) is 3.80. The summed E-state index contributed by atoms with van der Waals surface area (Å²) in [6.07, 6.45) is 0. The van der Waals surface area contributed by atoms with Gasteiger partial charge in [0.25, 0.3) is 0 Å². The van der Waals surface area contributed by atoms with Gasteiger partial charge in [0.1, 0.15) is 0 Å². The lowest BCUT2D eigenvalue weighted by molar-refractivity contribution is 0.248. The maximum atomic E-state index is 9.54. The van der Waals surface area contributed by atoms with Crippen LogP contribution in [0.2, 0.25) is 5.02 Å². The van der Waals surface area contributed by atoms with Crippen LogP contribution in [0.5, 0.6) is 0 Å². The molecule has 0 fully saturated rings. The number of halogens is 1. The molecule has 0 amide bonds. The second kappa shape index (κ2) is 7.20. The molecule has 132 valence electrons. The first-order chi connectivity index (χ1) is 12.0. The summed E-state index contributed by atoms with van der Waals surface area (Å²) in [6, 6.07) is 7.17. The zero-order chi connectivity index (χ0) is 18.0. The van der Waals surface area contributed by atoms with Crippen LogP contribution >= 0.6 is 11.6 Å². The minimum atomic E-state index is -0.155. The molecule has 0 saturated carbocycles. The van der Waals surface area contributed by atoms with Gasteiger partial charge in [0.05, 0.1) is 12.6 Å². The zero-order valence-corrected chi connectivity index (χ0v) is 15.0. The Morgan fingerprint density at radius 2 is 2.08 bits per heavy atom. The Morgan fingerprint density at radius 3 is 2.76 bits per heavy atom. The molecule has 0 bridgehead atoms. The molecule has 9 heteroatoms. The SMILES string of the molecule is CC(C)C(CO)Nc1nc(Nc2cccc(Cl)c2)c2nnn(C)c2n1. The third-order valence-corrected chi connectivity index (χ3v) is 4.09. The molecular weight excluding hydrogens is 342 g/mol. The van der Waals surface area contributed by atoms with E-state index in [-0.39, 0.29) is 18.6 Å². The van der Waals surface area contributed by atoms with E-state index in [1.165, 1.54) is 0 Å². The largest absolute Gasteiger partial charge is 0.394 e. The van der Waals surface area contributed by atoms with Crippen LogP contribution in [0.3, 0.4) is 0 Å². The number of hydrogen-bond donors (Lipinski definition) is 3. The van der Waals surface area contributed by atoms with E-state index in [0.717, 1.165) is 5.69 Å². The summed E-state index contributed by atoms with van der Waals surface area (Å²) in [5.41, 5.74) is 1.92. The van der Waals surface area contributed by atoms with Crippen LogP contribution in [-0.2, 0) is 7.05 Å². The van der Waals surface area contributed by atoms with Gasteiger partial charge >= 0.3 is 0 Å². The van der Waals surface area contributed by atoms with Crippen molar-refractivity contribution in [3.05, 3.63) is 29.3 Å². The molecule has 0 saturated heterocycles. The van der Waals surface area contributed by atoms with E-state index < -0.39 is 0 Å². The maximum Gasteiger partial charge on any atom is 0.227 e. The van der Waals surface area contributed by atoms with Crippen LogP contribution in [-0.4, -0.2) is 42.7 Å². The molecule has 0 spiro atoms. The predicted molar refractivity (Wildman–Crippen MR) is 98.2 cm³/mol. The number of aromatic nitrogens is 5. The van der Waals surface area contributed by atoms with E-state index in [1.807, 2.05) is 26.0 Å². The van der Waals surface area contributed by atoms with Crippen molar-refractivity contribution in [2.24, 2.45) is 13.0 Å². The smallest absolute Gasteiger partial charge is 0.227 e. The fraction of sp³-hybridized carbons (Fsp3) is 0.375. The fourth-order valence-electron chi connectivity index (χ4n) is 2.36. The fourth-order valence-corrected chi connectivity index (χ4v) is 2.55. The van der Waals surface area contributed by atoms with Crippen molar-refractivity contribution in [3.8, 4) is 0 Å². The maximum absolute atomic E-state index is 9.54. The lowest BCUT2D eigenvalue weighted by Gasteiger charge is -2.20. The van der Waals surface area contributed by atoms with Crippen LogP contribution in [0.25, 0.3) is 11.2 Å². The van der Waals surface area contributed by atoms with Crippen molar-refractivity contribution in [2.75, 3.05) is 17.2 Å². The quantitative estimate of drug-likeness (QED) is 0.620. The van der Waals surface area contributed by atoms with Crippen molar-refractivity contribution in [2.45, 2.75) is 19.9 Å². The molecule has 2 heterocycles. The highest BCUT2D eigenvalue weighted by Gasteiger charge is 2.17. The summed E-state index contributed by atoms with van der Waals surface area (Å²) in [6.45, 7) is 4.02. The first kappa shape index (κ1) is 17.4. The van der Waals surface area contributed by atoms with Gasteiger partial charge in [-0.25, -0.2) is 4.68 Å². The minimum Gasteiger partial charge on any atom is -0.394 e. The molecule has 3 N–H and O–H groups in total. The highest BCUT2D eigenvalue weighted by Crippen LogP contribution is 2.25. The lowest BCUT2D eigenvalue weighted by atomic mass is 10.1. The standard InChI is InChI=1S/C16H20ClN7O/c1-9(2)12(8-25)19-16-20-14(13-15(21-16)24(3)23-22-13)18-11-6-4-5-10(17)7-11/h4-7,9,12,25H,8H2,1-3H3,(H2,18,19,20,21). The van der Waals surface area contributed by atoms with Gasteiger partial charge in [-0.1, -0.05) is 36.7 Å². The zero-order valence-electron chi connectivity index (χ0n) is 14.2. The van der Waals surface area contributed by atoms with Gasteiger partial charge in [-0.2, -0.15) is 9.97 Å². The van der Waals surface area contributed by atoms with Gasteiger partial charge in [0.2, 0.25) is 5.95 Å². The van der Waals surface area contributed by atoms with Gasteiger partial charge in [-0.3, -0.25) is 0 Å². The lowest BCUT2D eigenvalue weighted by Crippen LogP contribution is -2.30.